The number of thiazole rings is 1. The van der Waals surface area contributed by atoms with E-state index in [4.69, 9.17) is 11.6 Å². The van der Waals surface area contributed by atoms with E-state index in [1.165, 1.54) is 29.7 Å². The van der Waals surface area contributed by atoms with E-state index in [0.717, 1.165) is 5.01 Å². The third-order valence-corrected chi connectivity index (χ3v) is 5.03. The Morgan fingerprint density at radius 2 is 2.21 bits per heavy atom. The van der Waals surface area contributed by atoms with Gasteiger partial charge in [0.2, 0.25) is 10.0 Å². The number of halogens is 1. The minimum absolute atomic E-state index is 0.0995. The Balaban J connectivity index is 2.26. The molecular formula is C11H12ClN3O2S2. The smallest absolute Gasteiger partial charge is 0.241 e. The Morgan fingerprint density at radius 1 is 1.42 bits per heavy atom. The van der Waals surface area contributed by atoms with Crippen LogP contribution in [-0.2, 0) is 10.0 Å². The average molecular weight is 318 g/mol. The van der Waals surface area contributed by atoms with E-state index in [2.05, 4.69) is 14.7 Å². The van der Waals surface area contributed by atoms with E-state index in [-0.39, 0.29) is 16.1 Å². The largest absolute Gasteiger partial charge is 0.248 e. The van der Waals surface area contributed by atoms with Crippen molar-refractivity contribution in [2.75, 3.05) is 0 Å². The lowest BCUT2D eigenvalue weighted by atomic mass is 10.3. The summed E-state index contributed by atoms with van der Waals surface area (Å²) < 4.78 is 27.1. The molecule has 0 aliphatic carbocycles. The fourth-order valence-electron chi connectivity index (χ4n) is 1.52. The van der Waals surface area contributed by atoms with Gasteiger partial charge in [0.05, 0.1) is 10.9 Å². The molecule has 2 rings (SSSR count). The van der Waals surface area contributed by atoms with E-state index in [0.29, 0.717) is 6.42 Å². The molecule has 0 bridgehead atoms. The molecule has 0 saturated heterocycles. The summed E-state index contributed by atoms with van der Waals surface area (Å²) in [4.78, 5) is 8.00. The van der Waals surface area contributed by atoms with E-state index >= 15 is 0 Å². The van der Waals surface area contributed by atoms with Crippen LogP contribution in [-0.4, -0.2) is 18.4 Å². The van der Waals surface area contributed by atoms with Crippen LogP contribution in [0.1, 0.15) is 24.4 Å². The molecule has 2 aromatic rings. The minimum atomic E-state index is -3.63. The topological polar surface area (TPSA) is 72.0 Å². The molecule has 0 aliphatic heterocycles. The van der Waals surface area contributed by atoms with Crippen LogP contribution in [0.2, 0.25) is 5.15 Å². The normalized spacial score (nSPS) is 13.4. The van der Waals surface area contributed by atoms with E-state index in [9.17, 15) is 8.42 Å². The SMILES string of the molecule is CCC(NS(=O)(=O)c1ccnc(Cl)c1)c1nccs1. The number of hydrogen-bond acceptors (Lipinski definition) is 5. The summed E-state index contributed by atoms with van der Waals surface area (Å²) in [6, 6.07) is 2.39. The molecule has 0 aliphatic rings. The Kier molecular flexibility index (Phi) is 4.51. The molecule has 0 saturated carbocycles. The van der Waals surface area contributed by atoms with Gasteiger partial charge >= 0.3 is 0 Å². The van der Waals surface area contributed by atoms with E-state index in [1.54, 1.807) is 6.20 Å². The second kappa shape index (κ2) is 5.96. The van der Waals surface area contributed by atoms with Crippen LogP contribution in [0.3, 0.4) is 0 Å². The van der Waals surface area contributed by atoms with Crippen LogP contribution in [0.25, 0.3) is 0 Å². The Bertz CT molecular complexity index is 644. The van der Waals surface area contributed by atoms with Gasteiger partial charge in [0, 0.05) is 17.8 Å². The molecule has 2 heterocycles. The van der Waals surface area contributed by atoms with E-state index in [1.807, 2.05) is 12.3 Å². The first-order valence-corrected chi connectivity index (χ1v) is 8.30. The summed E-state index contributed by atoms with van der Waals surface area (Å²) in [5, 5.41) is 2.70. The van der Waals surface area contributed by atoms with Crippen molar-refractivity contribution in [3.8, 4) is 0 Å². The molecule has 102 valence electrons. The third kappa shape index (κ3) is 3.50. The zero-order chi connectivity index (χ0) is 13.9. The first-order chi connectivity index (χ1) is 9.03. The van der Waals surface area contributed by atoms with Crippen molar-refractivity contribution in [3.05, 3.63) is 40.1 Å². The highest BCUT2D eigenvalue weighted by Gasteiger charge is 2.22. The number of nitrogens with zero attached hydrogens (tertiary/aromatic N) is 2. The van der Waals surface area contributed by atoms with E-state index < -0.39 is 10.0 Å². The van der Waals surface area contributed by atoms with Gasteiger partial charge in [0.25, 0.3) is 0 Å². The van der Waals surface area contributed by atoms with Gasteiger partial charge in [-0.15, -0.1) is 11.3 Å². The molecule has 0 amide bonds. The number of rotatable bonds is 5. The molecule has 0 spiro atoms. The predicted molar refractivity (Wildman–Crippen MR) is 74.7 cm³/mol. The van der Waals surface area contributed by atoms with Crippen molar-refractivity contribution >= 4 is 33.0 Å². The summed E-state index contributed by atoms with van der Waals surface area (Å²) in [6.45, 7) is 1.90. The first kappa shape index (κ1) is 14.4. The highest BCUT2D eigenvalue weighted by molar-refractivity contribution is 7.89. The summed E-state index contributed by atoms with van der Waals surface area (Å²) in [5.41, 5.74) is 0. The van der Waals surface area contributed by atoms with Gasteiger partial charge in [-0.25, -0.2) is 23.1 Å². The number of hydrogen-bond donors (Lipinski definition) is 1. The zero-order valence-corrected chi connectivity index (χ0v) is 12.5. The fraction of sp³-hybridized carbons (Fsp3) is 0.273. The number of pyridine rings is 1. The van der Waals surface area contributed by atoms with Gasteiger partial charge < -0.3 is 0 Å². The lowest BCUT2D eigenvalue weighted by molar-refractivity contribution is 0.549. The third-order valence-electron chi connectivity index (χ3n) is 2.46. The average Bonchev–Trinajstić information content (AvgIpc) is 2.90. The molecule has 2 aromatic heterocycles. The quantitative estimate of drug-likeness (QED) is 0.860. The van der Waals surface area contributed by atoms with Crippen molar-refractivity contribution in [2.45, 2.75) is 24.3 Å². The van der Waals surface area contributed by atoms with Crippen LogP contribution < -0.4 is 4.72 Å². The lowest BCUT2D eigenvalue weighted by Gasteiger charge is -2.14. The molecule has 19 heavy (non-hydrogen) atoms. The standard InChI is InChI=1S/C11H12ClN3O2S2/c1-2-9(11-14-5-6-18-11)15-19(16,17)8-3-4-13-10(12)7-8/h3-7,9,15H,2H2,1H3. The predicted octanol–water partition coefficient (Wildman–Crippen LogP) is 2.62. The fourth-order valence-corrected chi connectivity index (χ4v) is 3.90. The van der Waals surface area contributed by atoms with Gasteiger partial charge in [-0.3, -0.25) is 0 Å². The first-order valence-electron chi connectivity index (χ1n) is 5.56. The molecule has 1 atom stereocenters. The Hall–Kier alpha value is -1.02. The van der Waals surface area contributed by atoms with Crippen molar-refractivity contribution in [3.63, 3.8) is 0 Å². The number of nitrogens with one attached hydrogen (secondary N) is 1. The van der Waals surface area contributed by atoms with Crippen molar-refractivity contribution in [1.82, 2.24) is 14.7 Å². The minimum Gasteiger partial charge on any atom is -0.248 e. The summed E-state index contributed by atoms with van der Waals surface area (Å²) in [7, 11) is -3.63. The van der Waals surface area contributed by atoms with Crippen molar-refractivity contribution in [2.24, 2.45) is 0 Å². The summed E-state index contributed by atoms with van der Waals surface area (Å²) in [6.07, 6.45) is 3.63. The molecule has 5 nitrogen and oxygen atoms in total. The molecular weight excluding hydrogens is 306 g/mol. The second-order valence-electron chi connectivity index (χ2n) is 3.77. The van der Waals surface area contributed by atoms with Crippen LogP contribution in [0, 0.1) is 0 Å². The van der Waals surface area contributed by atoms with Gasteiger partial charge in [-0.05, 0) is 18.6 Å². The van der Waals surface area contributed by atoms with Crippen LogP contribution in [0.5, 0.6) is 0 Å². The molecule has 0 radical (unpaired) electrons. The lowest BCUT2D eigenvalue weighted by Crippen LogP contribution is -2.28. The Labute approximate surface area is 120 Å². The monoisotopic (exact) mass is 317 g/mol. The van der Waals surface area contributed by atoms with Crippen LogP contribution >= 0.6 is 22.9 Å². The summed E-state index contributed by atoms with van der Waals surface area (Å²) >= 11 is 7.13. The molecule has 0 aromatic carbocycles. The molecule has 1 unspecified atom stereocenters. The Morgan fingerprint density at radius 3 is 2.79 bits per heavy atom. The van der Waals surface area contributed by atoms with Gasteiger partial charge in [-0.1, -0.05) is 18.5 Å². The van der Waals surface area contributed by atoms with Gasteiger partial charge in [-0.2, -0.15) is 0 Å². The van der Waals surface area contributed by atoms with Crippen molar-refractivity contribution in [1.29, 1.82) is 0 Å². The highest BCUT2D eigenvalue weighted by Crippen LogP contribution is 2.22. The number of aromatic nitrogens is 2. The van der Waals surface area contributed by atoms with Crippen LogP contribution in [0.15, 0.2) is 34.8 Å². The zero-order valence-electron chi connectivity index (χ0n) is 10.1. The van der Waals surface area contributed by atoms with Gasteiger partial charge in [0.15, 0.2) is 0 Å². The van der Waals surface area contributed by atoms with Crippen LogP contribution in [0.4, 0.5) is 0 Å². The molecule has 8 heteroatoms. The second-order valence-corrected chi connectivity index (χ2v) is 6.79. The maximum atomic E-state index is 12.2. The maximum absolute atomic E-state index is 12.2. The van der Waals surface area contributed by atoms with Crippen molar-refractivity contribution < 1.29 is 8.42 Å². The molecule has 1 N–H and O–H groups in total. The van der Waals surface area contributed by atoms with Gasteiger partial charge in [0.1, 0.15) is 10.2 Å². The summed E-state index contributed by atoms with van der Waals surface area (Å²) in [5.74, 6) is 0. The highest BCUT2D eigenvalue weighted by atomic mass is 35.5. The maximum Gasteiger partial charge on any atom is 0.241 e. The molecule has 0 fully saturated rings. The number of sulfonamides is 1.